The Morgan fingerprint density at radius 3 is 2.40 bits per heavy atom. The number of aryl methyl sites for hydroxylation is 1. The number of carbonyl (C=O) groups excluding carboxylic acids is 2. The number of nitrogens with zero attached hydrogens (tertiary/aromatic N) is 3. The summed E-state index contributed by atoms with van der Waals surface area (Å²) in [6, 6.07) is 2.97. The predicted octanol–water partition coefficient (Wildman–Crippen LogP) is 5.58. The molecule has 0 fully saturated rings. The third-order valence-corrected chi connectivity index (χ3v) is 6.89. The van der Waals surface area contributed by atoms with Crippen molar-refractivity contribution in [2.75, 3.05) is 43.8 Å². The van der Waals surface area contributed by atoms with Crippen LogP contribution in [0.5, 0.6) is 11.5 Å². The number of aromatic nitrogens is 2. The Bertz CT molecular complexity index is 1660. The van der Waals surface area contributed by atoms with Crippen molar-refractivity contribution in [3.8, 4) is 11.5 Å². The van der Waals surface area contributed by atoms with Gasteiger partial charge in [0, 0.05) is 31.7 Å². The van der Waals surface area contributed by atoms with Gasteiger partial charge in [-0.2, -0.15) is 0 Å². The van der Waals surface area contributed by atoms with Crippen LogP contribution in [0.4, 0.5) is 32.1 Å². The fraction of sp³-hybridized carbons (Fsp3) is 0.310. The highest BCUT2D eigenvalue weighted by molar-refractivity contribution is 7.28. The first-order valence-corrected chi connectivity index (χ1v) is 13.4. The fourth-order valence-corrected chi connectivity index (χ4v) is 4.75. The second-order valence-corrected chi connectivity index (χ2v) is 10.9. The first kappa shape index (κ1) is 30.5. The minimum atomic E-state index is -0.909. The summed E-state index contributed by atoms with van der Waals surface area (Å²) in [5.41, 5.74) is 1.40. The molecule has 2 N–H and O–H groups in total. The quantitative estimate of drug-likeness (QED) is 0.196. The lowest BCUT2D eigenvalue weighted by Crippen LogP contribution is -2.34. The van der Waals surface area contributed by atoms with Crippen LogP contribution in [0.1, 0.15) is 42.5 Å². The van der Waals surface area contributed by atoms with Crippen LogP contribution >= 0.6 is 9.24 Å². The first-order chi connectivity index (χ1) is 19.8. The third-order valence-electron chi connectivity index (χ3n) is 6.32. The molecule has 1 unspecified atom stereocenters. The highest BCUT2D eigenvalue weighted by Gasteiger charge is 2.33. The molecule has 1 amide bonds. The van der Waals surface area contributed by atoms with Gasteiger partial charge in [-0.15, -0.1) is 9.24 Å². The predicted molar refractivity (Wildman–Crippen MR) is 163 cm³/mol. The van der Waals surface area contributed by atoms with Crippen molar-refractivity contribution < 1.29 is 32.6 Å². The molecule has 0 aliphatic carbocycles. The molecule has 0 bridgehead atoms. The molecule has 222 valence electrons. The van der Waals surface area contributed by atoms with E-state index in [0.717, 1.165) is 21.8 Å². The summed E-state index contributed by atoms with van der Waals surface area (Å²) in [5.74, 6) is -1.64. The van der Waals surface area contributed by atoms with Gasteiger partial charge in [0.2, 0.25) is 5.78 Å². The summed E-state index contributed by atoms with van der Waals surface area (Å²) in [4.78, 5) is 37.1. The number of carbonyl (C=O) groups is 2. The number of furan rings is 1. The van der Waals surface area contributed by atoms with Crippen molar-refractivity contribution in [3.05, 3.63) is 53.4 Å². The lowest BCUT2D eigenvalue weighted by molar-refractivity contribution is 0.0589. The van der Waals surface area contributed by atoms with Gasteiger partial charge in [0.1, 0.15) is 22.9 Å². The van der Waals surface area contributed by atoms with Crippen LogP contribution in [0.15, 0.2) is 35.1 Å². The molecule has 0 saturated carbocycles. The Labute approximate surface area is 244 Å². The summed E-state index contributed by atoms with van der Waals surface area (Å²) >= 11 is 0. The molecule has 4 rings (SSSR count). The number of ketones is 1. The number of benzene rings is 1. The van der Waals surface area contributed by atoms with E-state index >= 15 is 4.39 Å². The fourth-order valence-electron chi connectivity index (χ4n) is 4.29. The summed E-state index contributed by atoms with van der Waals surface area (Å²) < 4.78 is 37.6. The number of nitrogens with one attached hydrogen (secondary N) is 2. The Morgan fingerprint density at radius 2 is 1.79 bits per heavy atom. The molecule has 0 radical (unpaired) electrons. The van der Waals surface area contributed by atoms with Crippen molar-refractivity contribution in [2.45, 2.75) is 33.3 Å². The first-order valence-electron chi connectivity index (χ1n) is 12.8. The average molecular weight is 598 g/mol. The number of ether oxygens (including phenoxy) is 3. The van der Waals surface area contributed by atoms with E-state index in [0.29, 0.717) is 11.2 Å². The highest BCUT2D eigenvalue weighted by Crippen LogP contribution is 2.39. The van der Waals surface area contributed by atoms with Crippen LogP contribution in [-0.2, 0) is 4.74 Å². The minimum absolute atomic E-state index is 0.0700. The maximum absolute atomic E-state index is 15.6. The molecule has 1 atom stereocenters. The molecular weight excluding hydrogens is 564 g/mol. The Balaban J connectivity index is 1.94. The van der Waals surface area contributed by atoms with Gasteiger partial charge in [-0.25, -0.2) is 14.2 Å². The lowest BCUT2D eigenvalue weighted by atomic mass is 10.0. The van der Waals surface area contributed by atoms with Gasteiger partial charge in [-0.3, -0.25) is 14.7 Å². The highest BCUT2D eigenvalue weighted by atomic mass is 31.0. The van der Waals surface area contributed by atoms with E-state index in [4.69, 9.17) is 18.6 Å². The molecule has 1 aromatic carbocycles. The molecule has 4 aromatic rings. The zero-order chi connectivity index (χ0) is 30.9. The number of hydrogen-bond acceptors (Lipinski definition) is 10. The summed E-state index contributed by atoms with van der Waals surface area (Å²) in [5, 5.41) is 6.86. The van der Waals surface area contributed by atoms with E-state index in [9.17, 15) is 9.59 Å². The SMILES string of the molecule is CNc1cncc(C)c1Nc1cc2c(N(C)C(=O)OC(C)(C)C)c(C(=O)c3c(F)c(OC)cc(OC)c3P)oc2cn1. The number of rotatable bonds is 8. The number of pyridine rings is 2. The lowest BCUT2D eigenvalue weighted by Gasteiger charge is -2.24. The molecule has 3 aromatic heterocycles. The van der Waals surface area contributed by atoms with Crippen molar-refractivity contribution in [3.63, 3.8) is 0 Å². The summed E-state index contributed by atoms with van der Waals surface area (Å²) in [6.45, 7) is 7.06. The topological polar surface area (TPSA) is 128 Å². The molecule has 11 nitrogen and oxygen atoms in total. The normalized spacial score (nSPS) is 11.3. The Morgan fingerprint density at radius 1 is 1.10 bits per heavy atom. The smallest absolute Gasteiger partial charge is 0.414 e. The summed E-state index contributed by atoms with van der Waals surface area (Å²) in [6.07, 6.45) is 4.04. The van der Waals surface area contributed by atoms with Gasteiger partial charge in [-0.1, -0.05) is 0 Å². The van der Waals surface area contributed by atoms with Gasteiger partial charge in [0.25, 0.3) is 0 Å². The number of amides is 1. The molecule has 0 spiro atoms. The monoisotopic (exact) mass is 597 g/mol. The van der Waals surface area contributed by atoms with Crippen LogP contribution in [0.2, 0.25) is 0 Å². The van der Waals surface area contributed by atoms with Gasteiger partial charge in [0.15, 0.2) is 22.9 Å². The number of halogens is 1. The molecule has 0 aliphatic heterocycles. The van der Waals surface area contributed by atoms with Crippen molar-refractivity contribution in [2.24, 2.45) is 0 Å². The Hall–Kier alpha value is -4.44. The summed E-state index contributed by atoms with van der Waals surface area (Å²) in [7, 11) is 8.20. The standard InChI is InChI=1S/C29H33FN5O6P/c1-14-11-32-12-16(31-5)23(14)34-20-9-15-19(13-33-20)40-26(24(15)35(6)28(37)41-29(2,3)4)25(36)21-22(30)17(38-7)10-18(39-8)27(21)42/h9-13,31H,42H2,1-8H3,(H,32,33,34). The molecule has 0 aliphatic rings. The van der Waals surface area contributed by atoms with Gasteiger partial charge in [-0.05, 0) is 39.3 Å². The second-order valence-electron chi connectivity index (χ2n) is 10.4. The van der Waals surface area contributed by atoms with Crippen LogP contribution in [0.25, 0.3) is 11.0 Å². The number of fused-ring (bicyclic) bond motifs is 1. The Kier molecular flexibility index (Phi) is 8.58. The largest absolute Gasteiger partial charge is 0.496 e. The van der Waals surface area contributed by atoms with E-state index in [1.54, 1.807) is 46.3 Å². The minimum Gasteiger partial charge on any atom is -0.496 e. The molecule has 3 heterocycles. The van der Waals surface area contributed by atoms with Crippen molar-refractivity contribution >= 4 is 60.3 Å². The zero-order valence-corrected chi connectivity index (χ0v) is 25.8. The average Bonchev–Trinajstić information content (AvgIpc) is 3.31. The van der Waals surface area contributed by atoms with Crippen LogP contribution < -0.4 is 30.3 Å². The van der Waals surface area contributed by atoms with Crippen LogP contribution in [-0.4, -0.2) is 55.8 Å². The van der Waals surface area contributed by atoms with Crippen LogP contribution in [0, 0.1) is 12.7 Å². The van der Waals surface area contributed by atoms with E-state index in [-0.39, 0.29) is 39.4 Å². The third kappa shape index (κ3) is 5.80. The number of anilines is 4. The number of methoxy groups -OCH3 is 2. The van der Waals surface area contributed by atoms with Gasteiger partial charge < -0.3 is 29.3 Å². The number of hydrogen-bond donors (Lipinski definition) is 2. The molecule has 0 saturated heterocycles. The van der Waals surface area contributed by atoms with E-state index in [2.05, 4.69) is 29.8 Å². The van der Waals surface area contributed by atoms with E-state index < -0.39 is 23.3 Å². The second kappa shape index (κ2) is 11.8. The molecule has 42 heavy (non-hydrogen) atoms. The molecule has 13 heteroatoms. The van der Waals surface area contributed by atoms with Crippen molar-refractivity contribution in [1.29, 1.82) is 0 Å². The molecular formula is C29H33FN5O6P. The van der Waals surface area contributed by atoms with Gasteiger partial charge >= 0.3 is 6.09 Å². The van der Waals surface area contributed by atoms with Gasteiger partial charge in [0.05, 0.1) is 48.9 Å². The van der Waals surface area contributed by atoms with Crippen molar-refractivity contribution in [1.82, 2.24) is 9.97 Å². The maximum atomic E-state index is 15.6. The zero-order valence-electron chi connectivity index (χ0n) is 24.6. The maximum Gasteiger partial charge on any atom is 0.414 e. The van der Waals surface area contributed by atoms with E-state index in [1.807, 2.05) is 6.92 Å². The van der Waals surface area contributed by atoms with E-state index in [1.165, 1.54) is 33.5 Å². The van der Waals surface area contributed by atoms with Crippen LogP contribution in [0.3, 0.4) is 0 Å².